The van der Waals surface area contributed by atoms with E-state index < -0.39 is 0 Å². The second-order valence-corrected chi connectivity index (χ2v) is 8.52. The minimum atomic E-state index is 0.260. The number of halogens is 1. The third-order valence-electron chi connectivity index (χ3n) is 6.15. The highest BCUT2D eigenvalue weighted by molar-refractivity contribution is 6.33. The second kappa shape index (κ2) is 8.28. The zero-order valence-electron chi connectivity index (χ0n) is 17.0. The predicted molar refractivity (Wildman–Crippen MR) is 121 cm³/mol. The Morgan fingerprint density at radius 2 is 1.77 bits per heavy atom. The molecule has 2 fully saturated rings. The van der Waals surface area contributed by atoms with Gasteiger partial charge in [-0.15, -0.1) is 0 Å². The monoisotopic (exact) mass is 423 g/mol. The van der Waals surface area contributed by atoms with Gasteiger partial charge in [-0.25, -0.2) is 4.98 Å². The fourth-order valence-corrected chi connectivity index (χ4v) is 4.62. The Balaban J connectivity index is 1.28. The molecule has 7 heteroatoms. The van der Waals surface area contributed by atoms with Crippen molar-refractivity contribution in [2.45, 2.75) is 12.8 Å². The smallest absolute Gasteiger partial charge is 0.236 e. The van der Waals surface area contributed by atoms with Gasteiger partial charge in [0.1, 0.15) is 5.82 Å². The lowest BCUT2D eigenvalue weighted by Gasteiger charge is -2.37. The Hall–Kier alpha value is -2.57. The minimum Gasteiger partial charge on any atom is -0.368 e. The number of aromatic amines is 1. The number of rotatable bonds is 4. The lowest BCUT2D eigenvalue weighted by molar-refractivity contribution is -0.132. The SMILES string of the molecule is O=C(CN1CCCC1)N1CCN(c2ccc(Cl)c(-c3nc4ccccc4[nH]3)c2)CC1. The molecule has 0 aliphatic carbocycles. The first-order valence-electron chi connectivity index (χ1n) is 10.7. The molecular weight excluding hydrogens is 398 g/mol. The molecule has 5 rings (SSSR count). The average molecular weight is 424 g/mol. The standard InChI is InChI=1S/C23H26ClN5O/c24-19-8-7-17(15-18(19)23-25-20-5-1-2-6-21(20)26-23)28-11-13-29(14-12-28)22(30)16-27-9-3-4-10-27/h1-2,5-8,15H,3-4,9-14,16H2,(H,25,26). The second-order valence-electron chi connectivity index (χ2n) is 8.12. The van der Waals surface area contributed by atoms with Gasteiger partial charge in [-0.05, 0) is 56.3 Å². The first kappa shape index (κ1) is 19.4. The normalized spacial score (nSPS) is 17.8. The first-order valence-corrected chi connectivity index (χ1v) is 11.0. The van der Waals surface area contributed by atoms with E-state index in [1.807, 2.05) is 35.2 Å². The van der Waals surface area contributed by atoms with Gasteiger partial charge in [-0.1, -0.05) is 23.7 Å². The molecular formula is C23H26ClN5O. The van der Waals surface area contributed by atoms with Crippen LogP contribution in [0.15, 0.2) is 42.5 Å². The summed E-state index contributed by atoms with van der Waals surface area (Å²) in [5, 5.41) is 0.678. The zero-order valence-corrected chi connectivity index (χ0v) is 17.7. The van der Waals surface area contributed by atoms with E-state index in [0.717, 1.165) is 67.4 Å². The molecule has 0 bridgehead atoms. The van der Waals surface area contributed by atoms with Gasteiger partial charge in [0.05, 0.1) is 22.6 Å². The number of likely N-dealkylation sites (tertiary alicyclic amines) is 1. The van der Waals surface area contributed by atoms with Crippen LogP contribution in [0.1, 0.15) is 12.8 Å². The summed E-state index contributed by atoms with van der Waals surface area (Å²) in [6.45, 7) is 5.85. The van der Waals surface area contributed by atoms with Gasteiger partial charge in [-0.3, -0.25) is 9.69 Å². The Kier molecular flexibility index (Phi) is 5.35. The predicted octanol–water partition coefficient (Wildman–Crippen LogP) is 3.63. The number of carbonyl (C=O) groups excluding carboxylic acids is 1. The first-order chi connectivity index (χ1) is 14.7. The van der Waals surface area contributed by atoms with Crippen molar-refractivity contribution in [2.75, 3.05) is 50.7 Å². The highest BCUT2D eigenvalue weighted by Crippen LogP contribution is 2.32. The van der Waals surface area contributed by atoms with Crippen LogP contribution < -0.4 is 4.90 Å². The van der Waals surface area contributed by atoms with Crippen molar-refractivity contribution in [1.82, 2.24) is 19.8 Å². The molecule has 0 saturated carbocycles. The molecule has 1 aromatic heterocycles. The van der Waals surface area contributed by atoms with Crippen LogP contribution >= 0.6 is 11.6 Å². The van der Waals surface area contributed by atoms with Crippen LogP contribution in [0.25, 0.3) is 22.4 Å². The molecule has 156 valence electrons. The number of aromatic nitrogens is 2. The maximum atomic E-state index is 12.6. The van der Waals surface area contributed by atoms with E-state index in [0.29, 0.717) is 11.6 Å². The number of para-hydroxylation sites is 2. The number of imidazole rings is 1. The maximum absolute atomic E-state index is 12.6. The number of benzene rings is 2. The number of fused-ring (bicyclic) bond motifs is 1. The summed E-state index contributed by atoms with van der Waals surface area (Å²) in [4.78, 5) is 27.3. The highest BCUT2D eigenvalue weighted by Gasteiger charge is 2.24. The average Bonchev–Trinajstić information content (AvgIpc) is 3.44. The summed E-state index contributed by atoms with van der Waals surface area (Å²) in [7, 11) is 0. The molecule has 1 amide bonds. The number of anilines is 1. The van der Waals surface area contributed by atoms with E-state index in [-0.39, 0.29) is 5.91 Å². The summed E-state index contributed by atoms with van der Waals surface area (Å²) < 4.78 is 0. The van der Waals surface area contributed by atoms with E-state index in [9.17, 15) is 4.79 Å². The number of carbonyl (C=O) groups is 1. The molecule has 0 atom stereocenters. The van der Waals surface area contributed by atoms with Gasteiger partial charge in [0.25, 0.3) is 0 Å². The maximum Gasteiger partial charge on any atom is 0.236 e. The largest absolute Gasteiger partial charge is 0.368 e. The Morgan fingerprint density at radius 1 is 1.00 bits per heavy atom. The van der Waals surface area contributed by atoms with Crippen LogP contribution in [-0.4, -0.2) is 71.5 Å². The molecule has 0 radical (unpaired) electrons. The highest BCUT2D eigenvalue weighted by atomic mass is 35.5. The van der Waals surface area contributed by atoms with Crippen LogP contribution in [0.4, 0.5) is 5.69 Å². The minimum absolute atomic E-state index is 0.260. The third kappa shape index (κ3) is 3.89. The van der Waals surface area contributed by atoms with E-state index in [1.165, 1.54) is 12.8 Å². The van der Waals surface area contributed by atoms with E-state index in [2.05, 4.69) is 26.9 Å². The van der Waals surface area contributed by atoms with Gasteiger partial charge >= 0.3 is 0 Å². The molecule has 2 saturated heterocycles. The summed E-state index contributed by atoms with van der Waals surface area (Å²) in [6.07, 6.45) is 2.43. The Morgan fingerprint density at radius 3 is 2.53 bits per heavy atom. The number of nitrogens with zero attached hydrogens (tertiary/aromatic N) is 4. The Bertz CT molecular complexity index is 1020. The van der Waals surface area contributed by atoms with Gasteiger partial charge in [-0.2, -0.15) is 0 Å². The summed E-state index contributed by atoms with van der Waals surface area (Å²) in [5.41, 5.74) is 3.94. The molecule has 3 heterocycles. The van der Waals surface area contributed by atoms with Crippen LogP contribution in [-0.2, 0) is 4.79 Å². The van der Waals surface area contributed by atoms with Crippen molar-refractivity contribution in [3.05, 3.63) is 47.5 Å². The van der Waals surface area contributed by atoms with E-state index in [4.69, 9.17) is 16.6 Å². The van der Waals surface area contributed by atoms with Gasteiger partial charge in [0.15, 0.2) is 0 Å². The number of nitrogens with one attached hydrogen (secondary N) is 1. The summed E-state index contributed by atoms with van der Waals surface area (Å²) in [5.74, 6) is 1.04. The number of H-pyrrole nitrogens is 1. The number of piperazine rings is 1. The van der Waals surface area contributed by atoms with Crippen LogP contribution in [0.5, 0.6) is 0 Å². The third-order valence-corrected chi connectivity index (χ3v) is 6.48. The van der Waals surface area contributed by atoms with Crippen molar-refractivity contribution < 1.29 is 4.79 Å². The van der Waals surface area contributed by atoms with E-state index >= 15 is 0 Å². The van der Waals surface area contributed by atoms with Gasteiger partial charge in [0.2, 0.25) is 5.91 Å². The fraction of sp³-hybridized carbons (Fsp3) is 0.391. The number of hydrogen-bond acceptors (Lipinski definition) is 4. The topological polar surface area (TPSA) is 55.5 Å². The fourth-order valence-electron chi connectivity index (χ4n) is 4.42. The summed E-state index contributed by atoms with van der Waals surface area (Å²) >= 11 is 6.51. The van der Waals surface area contributed by atoms with Crippen molar-refractivity contribution in [1.29, 1.82) is 0 Å². The Labute approximate surface area is 181 Å². The molecule has 0 spiro atoms. The van der Waals surface area contributed by atoms with Crippen LogP contribution in [0.2, 0.25) is 5.02 Å². The van der Waals surface area contributed by atoms with Crippen LogP contribution in [0, 0.1) is 0 Å². The number of amides is 1. The molecule has 6 nitrogen and oxygen atoms in total. The lowest BCUT2D eigenvalue weighted by Crippen LogP contribution is -2.51. The van der Waals surface area contributed by atoms with Crippen molar-refractivity contribution >= 4 is 34.2 Å². The zero-order chi connectivity index (χ0) is 20.5. The van der Waals surface area contributed by atoms with E-state index in [1.54, 1.807) is 0 Å². The van der Waals surface area contributed by atoms with Crippen molar-refractivity contribution in [3.63, 3.8) is 0 Å². The molecule has 30 heavy (non-hydrogen) atoms. The van der Waals surface area contributed by atoms with Gasteiger partial charge < -0.3 is 14.8 Å². The molecule has 0 unspecified atom stereocenters. The quantitative estimate of drug-likeness (QED) is 0.696. The van der Waals surface area contributed by atoms with Gasteiger partial charge in [0, 0.05) is 37.4 Å². The summed E-state index contributed by atoms with van der Waals surface area (Å²) in [6, 6.07) is 14.1. The van der Waals surface area contributed by atoms with Crippen LogP contribution in [0.3, 0.4) is 0 Å². The number of hydrogen-bond donors (Lipinski definition) is 1. The molecule has 2 aliphatic rings. The van der Waals surface area contributed by atoms with Crippen molar-refractivity contribution in [3.8, 4) is 11.4 Å². The molecule has 2 aliphatic heterocycles. The molecule has 3 aromatic rings. The molecule has 1 N–H and O–H groups in total. The van der Waals surface area contributed by atoms with Crippen molar-refractivity contribution in [2.24, 2.45) is 0 Å². The lowest BCUT2D eigenvalue weighted by atomic mass is 10.1. The molecule has 2 aromatic carbocycles.